The van der Waals surface area contributed by atoms with Crippen molar-refractivity contribution in [3.63, 3.8) is 0 Å². The molecule has 1 atom stereocenters. The number of benzene rings is 2. The van der Waals surface area contributed by atoms with E-state index in [4.69, 9.17) is 0 Å². The summed E-state index contributed by atoms with van der Waals surface area (Å²) in [5, 5.41) is 0. The molecule has 0 amide bonds. The summed E-state index contributed by atoms with van der Waals surface area (Å²) in [6, 6.07) is 17.4. The Balaban J connectivity index is 2.37. The van der Waals surface area contributed by atoms with Gasteiger partial charge in [0.25, 0.3) is 0 Å². The Labute approximate surface area is 111 Å². The van der Waals surface area contributed by atoms with Gasteiger partial charge in [0, 0.05) is 9.49 Å². The monoisotopic (exact) mass is 322 g/mol. The van der Waals surface area contributed by atoms with Crippen molar-refractivity contribution in [3.05, 3.63) is 68.8 Å². The lowest BCUT2D eigenvalue weighted by Gasteiger charge is -2.13. The van der Waals surface area contributed by atoms with Crippen LogP contribution >= 0.6 is 22.6 Å². The van der Waals surface area contributed by atoms with Crippen LogP contribution in [0.15, 0.2) is 48.5 Å². The predicted molar refractivity (Wildman–Crippen MR) is 77.9 cm³/mol. The number of hydrogen-bond donors (Lipinski definition) is 0. The zero-order valence-corrected chi connectivity index (χ0v) is 11.7. The van der Waals surface area contributed by atoms with Gasteiger partial charge in [-0.2, -0.15) is 0 Å². The summed E-state index contributed by atoms with van der Waals surface area (Å²) in [4.78, 5) is 0. The second kappa shape index (κ2) is 5.00. The molecule has 0 spiro atoms. The van der Waals surface area contributed by atoms with Gasteiger partial charge in [0.15, 0.2) is 0 Å². The summed E-state index contributed by atoms with van der Waals surface area (Å²) in [5.74, 6) is 0.467. The standard InChI is InChI=1S/C15H15I/c1-11-8-14(10-15(16)9-11)12(2)13-6-4-3-5-7-13/h3-10,12H,1-2H3. The number of rotatable bonds is 2. The smallest absolute Gasteiger partial charge is 0.0135 e. The molecule has 0 fully saturated rings. The van der Waals surface area contributed by atoms with Crippen molar-refractivity contribution in [1.82, 2.24) is 0 Å². The maximum atomic E-state index is 2.38. The molecule has 2 aromatic rings. The van der Waals surface area contributed by atoms with E-state index in [0.29, 0.717) is 5.92 Å². The minimum Gasteiger partial charge on any atom is -0.0622 e. The maximum Gasteiger partial charge on any atom is 0.0135 e. The Bertz CT molecular complexity index is 454. The molecule has 16 heavy (non-hydrogen) atoms. The molecule has 1 heteroatoms. The van der Waals surface area contributed by atoms with Crippen molar-refractivity contribution >= 4 is 22.6 Å². The van der Waals surface area contributed by atoms with Crippen molar-refractivity contribution in [2.75, 3.05) is 0 Å². The lowest BCUT2D eigenvalue weighted by Crippen LogP contribution is -1.96. The van der Waals surface area contributed by atoms with Gasteiger partial charge in [-0.15, -0.1) is 0 Å². The van der Waals surface area contributed by atoms with Crippen LogP contribution in [0.5, 0.6) is 0 Å². The molecule has 0 heterocycles. The fourth-order valence-electron chi connectivity index (χ4n) is 1.95. The zero-order valence-electron chi connectivity index (χ0n) is 9.57. The van der Waals surface area contributed by atoms with E-state index in [9.17, 15) is 0 Å². The fourth-order valence-corrected chi connectivity index (χ4v) is 2.80. The molecule has 0 aromatic heterocycles. The van der Waals surface area contributed by atoms with Gasteiger partial charge in [0.05, 0.1) is 0 Å². The molecule has 0 N–H and O–H groups in total. The van der Waals surface area contributed by atoms with Gasteiger partial charge in [-0.3, -0.25) is 0 Å². The van der Waals surface area contributed by atoms with Gasteiger partial charge in [0.2, 0.25) is 0 Å². The van der Waals surface area contributed by atoms with Crippen LogP contribution in [-0.4, -0.2) is 0 Å². The first-order chi connectivity index (χ1) is 7.66. The molecule has 2 aromatic carbocycles. The normalized spacial score (nSPS) is 12.4. The van der Waals surface area contributed by atoms with Crippen molar-refractivity contribution in [2.45, 2.75) is 19.8 Å². The highest BCUT2D eigenvalue weighted by molar-refractivity contribution is 14.1. The first kappa shape index (κ1) is 11.6. The van der Waals surface area contributed by atoms with Crippen LogP contribution in [0, 0.1) is 10.5 Å². The van der Waals surface area contributed by atoms with E-state index in [-0.39, 0.29) is 0 Å². The van der Waals surface area contributed by atoms with Gasteiger partial charge in [0.1, 0.15) is 0 Å². The molecular formula is C15H15I. The van der Waals surface area contributed by atoms with Crippen LogP contribution in [0.4, 0.5) is 0 Å². The molecule has 82 valence electrons. The third-order valence-corrected chi connectivity index (χ3v) is 3.49. The van der Waals surface area contributed by atoms with Gasteiger partial charge in [-0.25, -0.2) is 0 Å². The van der Waals surface area contributed by atoms with Crippen LogP contribution in [0.25, 0.3) is 0 Å². The number of halogens is 1. The Kier molecular flexibility index (Phi) is 3.64. The highest BCUT2D eigenvalue weighted by Crippen LogP contribution is 2.26. The van der Waals surface area contributed by atoms with E-state index in [0.717, 1.165) is 0 Å². The number of aryl methyl sites for hydroxylation is 1. The van der Waals surface area contributed by atoms with Gasteiger partial charge in [-0.05, 0) is 58.3 Å². The van der Waals surface area contributed by atoms with E-state index < -0.39 is 0 Å². The van der Waals surface area contributed by atoms with E-state index in [2.05, 4.69) is 85.0 Å². The van der Waals surface area contributed by atoms with Crippen LogP contribution in [0.1, 0.15) is 29.5 Å². The van der Waals surface area contributed by atoms with Crippen molar-refractivity contribution in [3.8, 4) is 0 Å². The van der Waals surface area contributed by atoms with Gasteiger partial charge in [-0.1, -0.05) is 43.3 Å². The highest BCUT2D eigenvalue weighted by atomic mass is 127. The summed E-state index contributed by atoms with van der Waals surface area (Å²) >= 11 is 2.38. The summed E-state index contributed by atoms with van der Waals surface area (Å²) < 4.78 is 1.32. The van der Waals surface area contributed by atoms with Crippen LogP contribution in [0.3, 0.4) is 0 Å². The molecule has 0 nitrogen and oxygen atoms in total. The van der Waals surface area contributed by atoms with Gasteiger partial charge >= 0.3 is 0 Å². The van der Waals surface area contributed by atoms with Crippen molar-refractivity contribution in [1.29, 1.82) is 0 Å². The molecule has 0 aliphatic carbocycles. The minimum absolute atomic E-state index is 0.467. The third-order valence-electron chi connectivity index (χ3n) is 2.86. The average Bonchev–Trinajstić information content (AvgIpc) is 2.28. The second-order valence-electron chi connectivity index (χ2n) is 4.19. The molecule has 0 saturated carbocycles. The van der Waals surface area contributed by atoms with Crippen LogP contribution in [-0.2, 0) is 0 Å². The highest BCUT2D eigenvalue weighted by Gasteiger charge is 2.08. The third kappa shape index (κ3) is 2.64. The summed E-state index contributed by atoms with van der Waals surface area (Å²) in [6.45, 7) is 4.42. The molecule has 0 bridgehead atoms. The summed E-state index contributed by atoms with van der Waals surface area (Å²) in [5.41, 5.74) is 4.11. The fraction of sp³-hybridized carbons (Fsp3) is 0.200. The molecule has 0 aliphatic rings. The van der Waals surface area contributed by atoms with E-state index in [1.807, 2.05) is 0 Å². The van der Waals surface area contributed by atoms with Crippen LogP contribution in [0.2, 0.25) is 0 Å². The lowest BCUT2D eigenvalue weighted by atomic mass is 9.92. The van der Waals surface area contributed by atoms with Crippen molar-refractivity contribution in [2.24, 2.45) is 0 Å². The Morgan fingerprint density at radius 1 is 0.938 bits per heavy atom. The molecule has 0 saturated heterocycles. The lowest BCUT2D eigenvalue weighted by molar-refractivity contribution is 0.918. The van der Waals surface area contributed by atoms with E-state index in [1.165, 1.54) is 20.3 Å². The minimum atomic E-state index is 0.467. The largest absolute Gasteiger partial charge is 0.0622 e. The zero-order chi connectivity index (χ0) is 11.5. The quantitative estimate of drug-likeness (QED) is 0.700. The predicted octanol–water partition coefficient (Wildman–Crippen LogP) is 4.75. The second-order valence-corrected chi connectivity index (χ2v) is 5.44. The number of hydrogen-bond acceptors (Lipinski definition) is 0. The summed E-state index contributed by atoms with van der Waals surface area (Å²) in [6.07, 6.45) is 0. The first-order valence-electron chi connectivity index (χ1n) is 5.49. The van der Waals surface area contributed by atoms with E-state index >= 15 is 0 Å². The Morgan fingerprint density at radius 3 is 2.25 bits per heavy atom. The summed E-state index contributed by atoms with van der Waals surface area (Å²) in [7, 11) is 0. The molecule has 1 unspecified atom stereocenters. The average molecular weight is 322 g/mol. The topological polar surface area (TPSA) is 0 Å². The van der Waals surface area contributed by atoms with Crippen molar-refractivity contribution < 1.29 is 0 Å². The molecular weight excluding hydrogens is 307 g/mol. The van der Waals surface area contributed by atoms with E-state index in [1.54, 1.807) is 0 Å². The molecule has 2 rings (SSSR count). The SMILES string of the molecule is Cc1cc(I)cc(C(C)c2ccccc2)c1. The molecule has 0 aliphatic heterocycles. The Hall–Kier alpha value is -0.830. The van der Waals surface area contributed by atoms with Crippen LogP contribution < -0.4 is 0 Å². The maximum absolute atomic E-state index is 2.38. The van der Waals surface area contributed by atoms with Gasteiger partial charge < -0.3 is 0 Å². The first-order valence-corrected chi connectivity index (χ1v) is 6.57. The molecule has 0 radical (unpaired) electrons. The Morgan fingerprint density at radius 2 is 1.62 bits per heavy atom.